The van der Waals surface area contributed by atoms with Gasteiger partial charge in [0.05, 0.1) is 11.3 Å². The standard InChI is InChI=1S/C16H12N2O2S/c19-16(13-6-8-17-9-7-13)20-10-14-11-21-15(18-14)12-4-2-1-3-5-12/h1-9,11H,10H2. The molecular weight excluding hydrogens is 284 g/mol. The highest BCUT2D eigenvalue weighted by molar-refractivity contribution is 7.13. The number of rotatable bonds is 4. The summed E-state index contributed by atoms with van der Waals surface area (Å²) >= 11 is 1.54. The SMILES string of the molecule is O=C(OCc1csc(-c2ccccc2)n1)c1ccncc1. The Morgan fingerprint density at radius 1 is 1.10 bits per heavy atom. The van der Waals surface area contributed by atoms with Crippen molar-refractivity contribution in [1.82, 2.24) is 9.97 Å². The molecule has 0 aliphatic carbocycles. The smallest absolute Gasteiger partial charge is 0.338 e. The Balaban J connectivity index is 1.64. The van der Waals surface area contributed by atoms with Gasteiger partial charge in [0.15, 0.2) is 0 Å². The van der Waals surface area contributed by atoms with Gasteiger partial charge in [-0.25, -0.2) is 9.78 Å². The highest BCUT2D eigenvalue weighted by atomic mass is 32.1. The molecule has 0 unspecified atom stereocenters. The summed E-state index contributed by atoms with van der Waals surface area (Å²) in [7, 11) is 0. The summed E-state index contributed by atoms with van der Waals surface area (Å²) in [6.45, 7) is 0.171. The first-order valence-electron chi connectivity index (χ1n) is 6.40. The highest BCUT2D eigenvalue weighted by Crippen LogP contribution is 2.23. The molecule has 0 amide bonds. The Hall–Kier alpha value is -2.53. The lowest BCUT2D eigenvalue weighted by Gasteiger charge is -2.02. The van der Waals surface area contributed by atoms with Gasteiger partial charge in [-0.05, 0) is 12.1 Å². The predicted molar refractivity (Wildman–Crippen MR) is 80.9 cm³/mol. The van der Waals surface area contributed by atoms with E-state index in [1.807, 2.05) is 35.7 Å². The number of benzene rings is 1. The number of thiazole rings is 1. The maximum Gasteiger partial charge on any atom is 0.338 e. The molecule has 0 atom stereocenters. The summed E-state index contributed by atoms with van der Waals surface area (Å²) in [5.41, 5.74) is 2.30. The second-order valence-corrected chi connectivity index (χ2v) is 5.18. The summed E-state index contributed by atoms with van der Waals surface area (Å²) in [5.74, 6) is -0.369. The minimum absolute atomic E-state index is 0.171. The second kappa shape index (κ2) is 6.28. The Morgan fingerprint density at radius 2 is 1.86 bits per heavy atom. The third-order valence-corrected chi connectivity index (χ3v) is 3.78. The molecule has 0 radical (unpaired) electrons. The second-order valence-electron chi connectivity index (χ2n) is 4.32. The zero-order chi connectivity index (χ0) is 14.5. The van der Waals surface area contributed by atoms with Crippen LogP contribution in [-0.4, -0.2) is 15.9 Å². The molecule has 0 N–H and O–H groups in total. The third kappa shape index (κ3) is 3.32. The van der Waals surface area contributed by atoms with E-state index in [2.05, 4.69) is 9.97 Å². The molecule has 21 heavy (non-hydrogen) atoms. The van der Waals surface area contributed by atoms with Gasteiger partial charge >= 0.3 is 5.97 Å². The van der Waals surface area contributed by atoms with E-state index in [0.717, 1.165) is 16.3 Å². The average Bonchev–Trinajstić information content (AvgIpc) is 3.03. The number of nitrogens with zero attached hydrogens (tertiary/aromatic N) is 2. The van der Waals surface area contributed by atoms with E-state index in [9.17, 15) is 4.79 Å². The molecule has 104 valence electrons. The lowest BCUT2D eigenvalue weighted by atomic mass is 10.2. The van der Waals surface area contributed by atoms with Gasteiger partial charge in [0.2, 0.25) is 0 Å². The van der Waals surface area contributed by atoms with Gasteiger partial charge in [-0.3, -0.25) is 4.98 Å². The van der Waals surface area contributed by atoms with E-state index >= 15 is 0 Å². The molecule has 5 heteroatoms. The van der Waals surface area contributed by atoms with Crippen LogP contribution in [0.5, 0.6) is 0 Å². The zero-order valence-corrected chi connectivity index (χ0v) is 11.9. The van der Waals surface area contributed by atoms with E-state index in [4.69, 9.17) is 4.74 Å². The first-order chi connectivity index (χ1) is 10.3. The lowest BCUT2D eigenvalue weighted by Crippen LogP contribution is -2.05. The minimum atomic E-state index is -0.369. The first-order valence-corrected chi connectivity index (χ1v) is 7.28. The molecule has 0 saturated carbocycles. The zero-order valence-electron chi connectivity index (χ0n) is 11.1. The van der Waals surface area contributed by atoms with Crippen LogP contribution in [0.4, 0.5) is 0 Å². The molecule has 2 heterocycles. The number of hydrogen-bond acceptors (Lipinski definition) is 5. The van der Waals surface area contributed by atoms with Crippen LogP contribution in [0, 0.1) is 0 Å². The number of esters is 1. The van der Waals surface area contributed by atoms with Gasteiger partial charge in [0.1, 0.15) is 11.6 Å². The Kier molecular flexibility index (Phi) is 4.02. The largest absolute Gasteiger partial charge is 0.456 e. The number of carbonyl (C=O) groups excluding carboxylic acids is 1. The number of carbonyl (C=O) groups is 1. The summed E-state index contributed by atoms with van der Waals surface area (Å²) in [4.78, 5) is 20.2. The van der Waals surface area contributed by atoms with Gasteiger partial charge in [-0.2, -0.15) is 0 Å². The molecule has 0 aliphatic rings. The van der Waals surface area contributed by atoms with E-state index in [0.29, 0.717) is 5.56 Å². The quantitative estimate of drug-likeness (QED) is 0.691. The molecule has 0 bridgehead atoms. The fourth-order valence-electron chi connectivity index (χ4n) is 1.80. The number of pyridine rings is 1. The average molecular weight is 296 g/mol. The van der Waals surface area contributed by atoms with Gasteiger partial charge in [0, 0.05) is 23.3 Å². The maximum absolute atomic E-state index is 11.8. The summed E-state index contributed by atoms with van der Waals surface area (Å²) in [5, 5.41) is 2.83. The molecular formula is C16H12N2O2S. The van der Waals surface area contributed by atoms with Gasteiger partial charge in [-0.15, -0.1) is 11.3 Å². The Bertz CT molecular complexity index is 726. The predicted octanol–water partition coefficient (Wildman–Crippen LogP) is 3.56. The molecule has 3 rings (SSSR count). The van der Waals surface area contributed by atoms with Gasteiger partial charge < -0.3 is 4.74 Å². The lowest BCUT2D eigenvalue weighted by molar-refractivity contribution is 0.0468. The van der Waals surface area contributed by atoms with Crippen LogP contribution in [0.15, 0.2) is 60.2 Å². The highest BCUT2D eigenvalue weighted by Gasteiger charge is 2.09. The molecule has 2 aromatic heterocycles. The van der Waals surface area contributed by atoms with Crippen molar-refractivity contribution < 1.29 is 9.53 Å². The third-order valence-electron chi connectivity index (χ3n) is 2.84. The van der Waals surface area contributed by atoms with Crippen LogP contribution in [0.3, 0.4) is 0 Å². The fourth-order valence-corrected chi connectivity index (χ4v) is 2.61. The molecule has 0 aliphatic heterocycles. The van der Waals surface area contributed by atoms with Crippen molar-refractivity contribution in [2.24, 2.45) is 0 Å². The van der Waals surface area contributed by atoms with E-state index in [1.165, 1.54) is 11.3 Å². The van der Waals surface area contributed by atoms with Gasteiger partial charge in [0.25, 0.3) is 0 Å². The summed E-state index contributed by atoms with van der Waals surface area (Å²) in [6.07, 6.45) is 3.12. The topological polar surface area (TPSA) is 52.1 Å². The van der Waals surface area contributed by atoms with E-state index in [1.54, 1.807) is 24.5 Å². The normalized spacial score (nSPS) is 10.3. The molecule has 1 aromatic carbocycles. The number of aromatic nitrogens is 2. The van der Waals surface area contributed by atoms with Crippen LogP contribution in [0.1, 0.15) is 16.1 Å². The van der Waals surface area contributed by atoms with Crippen molar-refractivity contribution in [2.45, 2.75) is 6.61 Å². The van der Waals surface area contributed by atoms with Crippen LogP contribution < -0.4 is 0 Å². The van der Waals surface area contributed by atoms with Crippen molar-refractivity contribution in [3.8, 4) is 10.6 Å². The van der Waals surface area contributed by atoms with E-state index in [-0.39, 0.29) is 12.6 Å². The monoisotopic (exact) mass is 296 g/mol. The van der Waals surface area contributed by atoms with Crippen LogP contribution >= 0.6 is 11.3 Å². The van der Waals surface area contributed by atoms with Crippen LogP contribution in [-0.2, 0) is 11.3 Å². The molecule has 0 spiro atoms. The molecule has 0 fully saturated rings. The minimum Gasteiger partial charge on any atom is -0.456 e. The molecule has 0 saturated heterocycles. The van der Waals surface area contributed by atoms with Gasteiger partial charge in [-0.1, -0.05) is 30.3 Å². The van der Waals surface area contributed by atoms with Crippen LogP contribution in [0.2, 0.25) is 0 Å². The summed E-state index contributed by atoms with van der Waals surface area (Å²) in [6, 6.07) is 13.2. The Labute approximate surface area is 126 Å². The fraction of sp³-hybridized carbons (Fsp3) is 0.0625. The number of hydrogen-bond donors (Lipinski definition) is 0. The van der Waals surface area contributed by atoms with E-state index < -0.39 is 0 Å². The molecule has 4 nitrogen and oxygen atoms in total. The van der Waals surface area contributed by atoms with Crippen molar-refractivity contribution >= 4 is 17.3 Å². The number of ether oxygens (including phenoxy) is 1. The van der Waals surface area contributed by atoms with Crippen LogP contribution in [0.25, 0.3) is 10.6 Å². The Morgan fingerprint density at radius 3 is 2.62 bits per heavy atom. The van der Waals surface area contributed by atoms with Crippen molar-refractivity contribution in [2.75, 3.05) is 0 Å². The first kappa shape index (κ1) is 13.5. The van der Waals surface area contributed by atoms with Crippen molar-refractivity contribution in [3.63, 3.8) is 0 Å². The molecule has 3 aromatic rings. The van der Waals surface area contributed by atoms with Crippen molar-refractivity contribution in [1.29, 1.82) is 0 Å². The van der Waals surface area contributed by atoms with Crippen molar-refractivity contribution in [3.05, 3.63) is 71.5 Å². The summed E-state index contributed by atoms with van der Waals surface area (Å²) < 4.78 is 5.24. The maximum atomic E-state index is 11.8.